The van der Waals surface area contributed by atoms with Gasteiger partial charge in [0.05, 0.1) is 22.7 Å². The second kappa shape index (κ2) is 11.4. The molecule has 0 aliphatic carbocycles. The lowest BCUT2D eigenvalue weighted by Gasteiger charge is -2.12. The quantitative estimate of drug-likeness (QED) is 0.192. The standard InChI is InChI=1S/C30H20F4N4O3/c31-22-7-4-8-23(16-22)36-27(39)18-41-24-13-11-19(12-14-24)17-35-38-28(20-5-3-6-21(15-20)30(32,33)34)37-26-10-2-1-9-25(26)29(38)40/h1-17H,18H2,(H,36,39). The van der Waals surface area contributed by atoms with Gasteiger partial charge < -0.3 is 10.1 Å². The van der Waals surface area contributed by atoms with Crippen LogP contribution in [-0.2, 0) is 11.0 Å². The SMILES string of the molecule is O=C(COc1ccc(C=Nn2c(-c3cccc(C(F)(F)F)c3)nc3ccccc3c2=O)cc1)Nc1cccc(F)c1. The Labute approximate surface area is 230 Å². The summed E-state index contributed by atoms with van der Waals surface area (Å²) < 4.78 is 59.8. The van der Waals surface area contributed by atoms with Gasteiger partial charge in [0.15, 0.2) is 12.4 Å². The predicted octanol–water partition coefficient (Wildman–Crippen LogP) is 6.12. The molecule has 206 valence electrons. The molecule has 11 heteroatoms. The van der Waals surface area contributed by atoms with Gasteiger partial charge in [-0.1, -0.05) is 30.3 Å². The van der Waals surface area contributed by atoms with E-state index in [0.29, 0.717) is 22.5 Å². The number of fused-ring (bicyclic) bond motifs is 1. The lowest BCUT2D eigenvalue weighted by atomic mass is 10.1. The van der Waals surface area contributed by atoms with Crippen LogP contribution < -0.4 is 15.6 Å². The fourth-order valence-electron chi connectivity index (χ4n) is 3.94. The third-order valence-electron chi connectivity index (χ3n) is 5.88. The maximum absolute atomic E-state index is 13.4. The number of rotatable bonds is 7. The van der Waals surface area contributed by atoms with E-state index in [4.69, 9.17) is 4.74 Å². The first kappa shape index (κ1) is 27.3. The number of aromatic nitrogens is 2. The van der Waals surface area contributed by atoms with Crippen molar-refractivity contribution in [3.8, 4) is 17.1 Å². The molecule has 5 rings (SSSR count). The van der Waals surface area contributed by atoms with Gasteiger partial charge in [-0.05, 0) is 72.3 Å². The molecular formula is C30H20F4N4O3. The third-order valence-corrected chi connectivity index (χ3v) is 5.88. The summed E-state index contributed by atoms with van der Waals surface area (Å²) in [6.07, 6.45) is -3.22. The van der Waals surface area contributed by atoms with Gasteiger partial charge >= 0.3 is 6.18 Å². The Morgan fingerprint density at radius 3 is 2.46 bits per heavy atom. The molecule has 0 radical (unpaired) electrons. The Morgan fingerprint density at radius 2 is 1.71 bits per heavy atom. The number of amides is 1. The second-order valence-electron chi connectivity index (χ2n) is 8.81. The van der Waals surface area contributed by atoms with Crippen molar-refractivity contribution < 1.29 is 27.1 Å². The van der Waals surface area contributed by atoms with Crippen molar-refractivity contribution in [3.05, 3.63) is 124 Å². The average molecular weight is 561 g/mol. The zero-order valence-electron chi connectivity index (χ0n) is 21.1. The molecule has 1 amide bonds. The lowest BCUT2D eigenvalue weighted by Crippen LogP contribution is -2.20. The molecule has 1 heterocycles. The van der Waals surface area contributed by atoms with Gasteiger partial charge in [-0.15, -0.1) is 0 Å². The van der Waals surface area contributed by atoms with Gasteiger partial charge in [-0.3, -0.25) is 9.59 Å². The molecule has 7 nitrogen and oxygen atoms in total. The van der Waals surface area contributed by atoms with E-state index in [1.807, 2.05) is 0 Å². The lowest BCUT2D eigenvalue weighted by molar-refractivity contribution is -0.137. The minimum atomic E-state index is -4.58. The Balaban J connectivity index is 1.38. The molecule has 0 aliphatic heterocycles. The third kappa shape index (κ3) is 6.47. The summed E-state index contributed by atoms with van der Waals surface area (Å²) in [6, 6.07) is 22.8. The van der Waals surface area contributed by atoms with Crippen LogP contribution in [0.1, 0.15) is 11.1 Å². The molecule has 0 saturated heterocycles. The number of hydrogen-bond acceptors (Lipinski definition) is 5. The molecule has 5 aromatic rings. The highest BCUT2D eigenvalue weighted by Gasteiger charge is 2.31. The molecule has 0 saturated carbocycles. The predicted molar refractivity (Wildman–Crippen MR) is 146 cm³/mol. The van der Waals surface area contributed by atoms with E-state index < -0.39 is 29.0 Å². The molecule has 0 fully saturated rings. The molecule has 0 bridgehead atoms. The van der Waals surface area contributed by atoms with Crippen molar-refractivity contribution in [2.75, 3.05) is 11.9 Å². The number of benzene rings is 4. The summed E-state index contributed by atoms with van der Waals surface area (Å²) in [5.41, 5.74) is -0.208. The van der Waals surface area contributed by atoms with Crippen LogP contribution in [0.4, 0.5) is 23.2 Å². The van der Waals surface area contributed by atoms with Crippen LogP contribution in [0.2, 0.25) is 0 Å². The van der Waals surface area contributed by atoms with E-state index in [0.717, 1.165) is 16.8 Å². The minimum absolute atomic E-state index is 0.0553. The normalized spacial score (nSPS) is 11.6. The number of hydrogen-bond donors (Lipinski definition) is 1. The zero-order chi connectivity index (χ0) is 29.0. The molecule has 0 aliphatic rings. The summed E-state index contributed by atoms with van der Waals surface area (Å²) >= 11 is 0. The van der Waals surface area contributed by atoms with Crippen LogP contribution in [0.15, 0.2) is 107 Å². The summed E-state index contributed by atoms with van der Waals surface area (Å²) in [6.45, 7) is -0.317. The fraction of sp³-hybridized carbons (Fsp3) is 0.0667. The van der Waals surface area contributed by atoms with Crippen LogP contribution in [0.3, 0.4) is 0 Å². The monoisotopic (exact) mass is 560 g/mol. The number of nitrogens with one attached hydrogen (secondary N) is 1. The van der Waals surface area contributed by atoms with Crippen LogP contribution in [0.5, 0.6) is 5.75 Å². The summed E-state index contributed by atoms with van der Waals surface area (Å²) in [5.74, 6) is -0.651. The first-order valence-corrected chi connectivity index (χ1v) is 12.2. The van der Waals surface area contributed by atoms with Crippen LogP contribution >= 0.6 is 0 Å². The van der Waals surface area contributed by atoms with E-state index in [2.05, 4.69) is 15.4 Å². The van der Waals surface area contributed by atoms with Gasteiger partial charge in [0.25, 0.3) is 11.5 Å². The summed E-state index contributed by atoms with van der Waals surface area (Å²) in [7, 11) is 0. The molecule has 1 aromatic heterocycles. The van der Waals surface area contributed by atoms with Crippen molar-refractivity contribution >= 4 is 28.7 Å². The van der Waals surface area contributed by atoms with Crippen molar-refractivity contribution in [1.29, 1.82) is 0 Å². The molecule has 0 spiro atoms. The van der Waals surface area contributed by atoms with Gasteiger partial charge in [0.2, 0.25) is 0 Å². The molecule has 4 aromatic carbocycles. The summed E-state index contributed by atoms with van der Waals surface area (Å²) in [4.78, 5) is 29.8. The first-order valence-electron chi connectivity index (χ1n) is 12.2. The van der Waals surface area contributed by atoms with Crippen LogP contribution in [0, 0.1) is 5.82 Å². The molecule has 0 atom stereocenters. The van der Waals surface area contributed by atoms with Gasteiger partial charge in [-0.25, -0.2) is 9.37 Å². The van der Waals surface area contributed by atoms with Gasteiger partial charge in [-0.2, -0.15) is 22.9 Å². The molecule has 41 heavy (non-hydrogen) atoms. The van der Waals surface area contributed by atoms with E-state index in [-0.39, 0.29) is 23.4 Å². The number of halogens is 4. The highest BCUT2D eigenvalue weighted by molar-refractivity contribution is 5.91. The van der Waals surface area contributed by atoms with E-state index >= 15 is 0 Å². The number of carbonyl (C=O) groups excluding carboxylic acids is 1. The number of anilines is 1. The smallest absolute Gasteiger partial charge is 0.416 e. The number of ether oxygens (including phenoxy) is 1. The van der Waals surface area contributed by atoms with Gasteiger partial charge in [0.1, 0.15) is 11.6 Å². The number of nitrogens with zero attached hydrogens (tertiary/aromatic N) is 3. The van der Waals surface area contributed by atoms with Crippen molar-refractivity contribution in [3.63, 3.8) is 0 Å². The maximum atomic E-state index is 13.4. The highest BCUT2D eigenvalue weighted by atomic mass is 19.4. The Morgan fingerprint density at radius 1 is 0.951 bits per heavy atom. The van der Waals surface area contributed by atoms with Crippen molar-refractivity contribution in [2.45, 2.75) is 6.18 Å². The minimum Gasteiger partial charge on any atom is -0.484 e. The summed E-state index contributed by atoms with van der Waals surface area (Å²) in [5, 5.41) is 7.03. The van der Waals surface area contributed by atoms with E-state index in [1.165, 1.54) is 36.5 Å². The zero-order valence-corrected chi connectivity index (χ0v) is 21.1. The Bertz CT molecular complexity index is 1820. The van der Waals surface area contributed by atoms with Gasteiger partial charge in [0, 0.05) is 11.3 Å². The Kier molecular flexibility index (Phi) is 7.59. The first-order chi connectivity index (χ1) is 19.7. The number of alkyl halides is 3. The number of para-hydroxylation sites is 1. The second-order valence-corrected chi connectivity index (χ2v) is 8.81. The fourth-order valence-corrected chi connectivity index (χ4v) is 3.94. The largest absolute Gasteiger partial charge is 0.484 e. The van der Waals surface area contributed by atoms with Crippen LogP contribution in [0.25, 0.3) is 22.3 Å². The molecule has 0 unspecified atom stereocenters. The van der Waals surface area contributed by atoms with Crippen molar-refractivity contribution in [2.24, 2.45) is 5.10 Å². The maximum Gasteiger partial charge on any atom is 0.416 e. The molecular weight excluding hydrogens is 540 g/mol. The van der Waals surface area contributed by atoms with E-state index in [1.54, 1.807) is 54.6 Å². The average Bonchev–Trinajstić information content (AvgIpc) is 2.96. The van der Waals surface area contributed by atoms with Crippen molar-refractivity contribution in [1.82, 2.24) is 9.66 Å². The number of carbonyl (C=O) groups is 1. The highest BCUT2D eigenvalue weighted by Crippen LogP contribution is 2.32. The topological polar surface area (TPSA) is 85.6 Å². The Hall–Kier alpha value is -5.32. The van der Waals surface area contributed by atoms with Crippen LogP contribution in [-0.4, -0.2) is 28.4 Å². The molecule has 1 N–H and O–H groups in total. The van der Waals surface area contributed by atoms with E-state index in [9.17, 15) is 27.2 Å².